The Labute approximate surface area is 112 Å². The molecule has 1 N–H and O–H groups in total. The van der Waals surface area contributed by atoms with E-state index in [4.69, 9.17) is 5.26 Å². The number of rotatable bonds is 3. The zero-order chi connectivity index (χ0) is 13.7. The zero-order valence-electron chi connectivity index (χ0n) is 10.2. The molecule has 0 fully saturated rings. The number of nitrogens with zero attached hydrogens (tertiary/aromatic N) is 2. The van der Waals surface area contributed by atoms with E-state index < -0.39 is 11.5 Å². The van der Waals surface area contributed by atoms with E-state index in [0.717, 1.165) is 0 Å². The Morgan fingerprint density at radius 3 is 1.58 bits per heavy atom. The second-order valence-corrected chi connectivity index (χ2v) is 4.18. The molecule has 19 heavy (non-hydrogen) atoms. The first-order chi connectivity index (χ1) is 9.25. The minimum absolute atomic E-state index is 0.609. The highest BCUT2D eigenvalue weighted by Gasteiger charge is 2.42. The van der Waals surface area contributed by atoms with Crippen molar-refractivity contribution in [2.45, 2.75) is 11.5 Å². The van der Waals surface area contributed by atoms with E-state index in [1.165, 1.54) is 0 Å². The Morgan fingerprint density at radius 2 is 1.26 bits per heavy atom. The summed E-state index contributed by atoms with van der Waals surface area (Å²) < 4.78 is 0. The van der Waals surface area contributed by atoms with Gasteiger partial charge in [-0.05, 0) is 11.1 Å². The molecule has 0 bridgehead atoms. The van der Waals surface area contributed by atoms with E-state index in [0.29, 0.717) is 11.1 Å². The molecule has 0 aromatic heterocycles. The first-order valence-corrected chi connectivity index (χ1v) is 5.85. The Morgan fingerprint density at radius 1 is 0.842 bits per heavy atom. The molecule has 2 aromatic carbocycles. The summed E-state index contributed by atoms with van der Waals surface area (Å²) in [6, 6.07) is 21.7. The number of aliphatic hydroxyl groups is 1. The van der Waals surface area contributed by atoms with Crippen LogP contribution in [-0.2, 0) is 5.41 Å². The number of hydrogen-bond donors (Lipinski definition) is 1. The van der Waals surface area contributed by atoms with Crippen molar-refractivity contribution in [1.29, 1.82) is 10.5 Å². The van der Waals surface area contributed by atoms with Crippen molar-refractivity contribution < 1.29 is 5.11 Å². The van der Waals surface area contributed by atoms with Crippen LogP contribution in [0, 0.1) is 22.7 Å². The molecular weight excluding hydrogens is 236 g/mol. The van der Waals surface area contributed by atoms with E-state index in [1.807, 2.05) is 12.1 Å². The third kappa shape index (κ3) is 2.08. The lowest BCUT2D eigenvalue weighted by Gasteiger charge is -2.28. The van der Waals surface area contributed by atoms with E-state index in [9.17, 15) is 10.4 Å². The van der Waals surface area contributed by atoms with E-state index in [-0.39, 0.29) is 0 Å². The fourth-order valence-corrected chi connectivity index (χ4v) is 2.17. The molecule has 0 spiro atoms. The molecule has 1 atom stereocenters. The fraction of sp³-hybridized carbons (Fsp3) is 0.125. The van der Waals surface area contributed by atoms with Gasteiger partial charge in [-0.3, -0.25) is 0 Å². The first-order valence-electron chi connectivity index (χ1n) is 5.85. The average molecular weight is 248 g/mol. The summed E-state index contributed by atoms with van der Waals surface area (Å²) >= 11 is 0. The van der Waals surface area contributed by atoms with Crippen LogP contribution in [0.25, 0.3) is 0 Å². The monoisotopic (exact) mass is 248 g/mol. The predicted molar refractivity (Wildman–Crippen MR) is 70.9 cm³/mol. The smallest absolute Gasteiger partial charge is 0.167 e. The van der Waals surface area contributed by atoms with Gasteiger partial charge in [-0.1, -0.05) is 60.7 Å². The maximum absolute atomic E-state index is 10.1. The van der Waals surface area contributed by atoms with Gasteiger partial charge in [0.2, 0.25) is 0 Å². The van der Waals surface area contributed by atoms with Crippen LogP contribution < -0.4 is 0 Å². The van der Waals surface area contributed by atoms with Crippen molar-refractivity contribution in [1.82, 2.24) is 0 Å². The summed E-state index contributed by atoms with van der Waals surface area (Å²) in [6.45, 7) is 0. The molecule has 0 heterocycles. The molecule has 0 aliphatic rings. The number of nitriles is 2. The van der Waals surface area contributed by atoms with Gasteiger partial charge in [-0.25, -0.2) is 0 Å². The standard InChI is InChI=1S/C16H12N2O/c17-11-15(19)16(12-18,13-7-3-1-4-8-13)14-9-5-2-6-10-14/h1-10,15,19H. The van der Waals surface area contributed by atoms with Crippen molar-refractivity contribution in [3.63, 3.8) is 0 Å². The lowest BCUT2D eigenvalue weighted by molar-refractivity contribution is 0.182. The molecule has 1 unspecified atom stereocenters. The molecule has 0 aliphatic carbocycles. The SMILES string of the molecule is N#CC(O)C(C#N)(c1ccccc1)c1ccccc1. The summed E-state index contributed by atoms with van der Waals surface area (Å²) in [6.07, 6.45) is -1.43. The second kappa shape index (κ2) is 5.35. The maximum Gasteiger partial charge on any atom is 0.167 e. The molecule has 0 amide bonds. The van der Waals surface area contributed by atoms with E-state index in [2.05, 4.69) is 6.07 Å². The number of benzene rings is 2. The van der Waals surface area contributed by atoms with Gasteiger partial charge in [0.25, 0.3) is 0 Å². The number of hydrogen-bond acceptors (Lipinski definition) is 3. The highest BCUT2D eigenvalue weighted by molar-refractivity contribution is 5.49. The van der Waals surface area contributed by atoms with Crippen LogP contribution in [-0.4, -0.2) is 11.2 Å². The topological polar surface area (TPSA) is 67.8 Å². The lowest BCUT2D eigenvalue weighted by atomic mass is 9.72. The summed E-state index contributed by atoms with van der Waals surface area (Å²) in [7, 11) is 0. The van der Waals surface area contributed by atoms with Crippen molar-refractivity contribution in [3.8, 4) is 12.1 Å². The highest BCUT2D eigenvalue weighted by Crippen LogP contribution is 2.35. The molecule has 2 rings (SSSR count). The van der Waals surface area contributed by atoms with Gasteiger partial charge in [-0.2, -0.15) is 10.5 Å². The van der Waals surface area contributed by atoms with Gasteiger partial charge < -0.3 is 5.11 Å². The zero-order valence-corrected chi connectivity index (χ0v) is 10.2. The van der Waals surface area contributed by atoms with Crippen LogP contribution in [0.3, 0.4) is 0 Å². The van der Waals surface area contributed by atoms with Gasteiger partial charge in [0.05, 0.1) is 12.1 Å². The lowest BCUT2D eigenvalue weighted by Crippen LogP contribution is -2.38. The van der Waals surface area contributed by atoms with Crippen LogP contribution in [0.1, 0.15) is 11.1 Å². The third-order valence-corrected chi connectivity index (χ3v) is 3.17. The van der Waals surface area contributed by atoms with Crippen molar-refractivity contribution >= 4 is 0 Å². The van der Waals surface area contributed by atoms with Gasteiger partial charge >= 0.3 is 0 Å². The van der Waals surface area contributed by atoms with Gasteiger partial charge in [-0.15, -0.1) is 0 Å². The summed E-state index contributed by atoms with van der Waals surface area (Å²) in [5, 5.41) is 28.8. The Balaban J connectivity index is 2.71. The third-order valence-electron chi connectivity index (χ3n) is 3.17. The highest BCUT2D eigenvalue weighted by atomic mass is 16.3. The second-order valence-electron chi connectivity index (χ2n) is 4.18. The average Bonchev–Trinajstić information content (AvgIpc) is 2.50. The van der Waals surface area contributed by atoms with Crippen LogP contribution in [0.15, 0.2) is 60.7 Å². The molecule has 0 saturated carbocycles. The van der Waals surface area contributed by atoms with Crippen LogP contribution in [0.4, 0.5) is 0 Å². The molecular formula is C16H12N2O. The molecule has 3 heteroatoms. The van der Waals surface area contributed by atoms with Crippen LogP contribution in [0.2, 0.25) is 0 Å². The summed E-state index contributed by atoms with van der Waals surface area (Å²) in [5.41, 5.74) is -0.146. The largest absolute Gasteiger partial charge is 0.376 e. The van der Waals surface area contributed by atoms with Gasteiger partial charge in [0.15, 0.2) is 6.10 Å². The fourth-order valence-electron chi connectivity index (χ4n) is 2.17. The Kier molecular flexibility index (Phi) is 3.61. The minimum atomic E-state index is -1.43. The molecule has 2 aromatic rings. The molecule has 92 valence electrons. The summed E-state index contributed by atoms with van der Waals surface area (Å²) in [5.74, 6) is 0. The van der Waals surface area contributed by atoms with E-state index in [1.54, 1.807) is 54.6 Å². The molecule has 0 saturated heterocycles. The minimum Gasteiger partial charge on any atom is -0.376 e. The van der Waals surface area contributed by atoms with Crippen molar-refractivity contribution in [3.05, 3.63) is 71.8 Å². The van der Waals surface area contributed by atoms with Gasteiger partial charge in [0.1, 0.15) is 5.41 Å². The molecule has 0 aliphatic heterocycles. The van der Waals surface area contributed by atoms with Crippen molar-refractivity contribution in [2.24, 2.45) is 0 Å². The Bertz CT molecular complexity index is 584. The normalized spacial score (nSPS) is 12.2. The summed E-state index contributed by atoms with van der Waals surface area (Å²) in [4.78, 5) is 0. The molecule has 3 nitrogen and oxygen atoms in total. The van der Waals surface area contributed by atoms with E-state index >= 15 is 0 Å². The van der Waals surface area contributed by atoms with Gasteiger partial charge in [0, 0.05) is 0 Å². The molecule has 0 radical (unpaired) electrons. The first kappa shape index (κ1) is 12.8. The maximum atomic E-state index is 10.1. The quantitative estimate of drug-likeness (QED) is 0.848. The predicted octanol–water partition coefficient (Wildman–Crippen LogP) is 2.38. The Hall–Kier alpha value is -2.62. The number of aliphatic hydroxyl groups excluding tert-OH is 1. The van der Waals surface area contributed by atoms with Crippen LogP contribution in [0.5, 0.6) is 0 Å². The van der Waals surface area contributed by atoms with Crippen LogP contribution >= 0.6 is 0 Å². The van der Waals surface area contributed by atoms with Crippen molar-refractivity contribution in [2.75, 3.05) is 0 Å².